The number of aromatic amines is 1. The molecule has 3 heterocycles. The summed E-state index contributed by atoms with van der Waals surface area (Å²) in [5.41, 5.74) is 4.05. The smallest absolute Gasteiger partial charge is 0.286 e. The molecule has 12 heteroatoms. The van der Waals surface area contributed by atoms with Crippen LogP contribution < -0.4 is 15.6 Å². The Balaban J connectivity index is 1.86. The molecule has 1 amide bonds. The molecule has 4 atom stereocenters. The number of aromatic nitrogens is 3. The van der Waals surface area contributed by atoms with Gasteiger partial charge in [-0.15, -0.1) is 0 Å². The number of methoxy groups -OCH3 is 1. The zero-order valence-electron chi connectivity index (χ0n) is 19.5. The lowest BCUT2D eigenvalue weighted by Gasteiger charge is -2.29. The van der Waals surface area contributed by atoms with Crippen molar-refractivity contribution in [2.75, 3.05) is 13.7 Å². The number of carbonyl (C=O) groups is 1. The monoisotopic (exact) mass is 495 g/mol. The highest BCUT2D eigenvalue weighted by atomic mass is 19.3. The highest BCUT2D eigenvalue weighted by Crippen LogP contribution is 2.56. The number of hydrogen-bond donors (Lipinski definition) is 3. The molecule has 0 spiro atoms. The number of nitrogens with zero attached hydrogens (tertiary/aromatic N) is 2. The van der Waals surface area contributed by atoms with E-state index in [2.05, 4.69) is 25.8 Å². The van der Waals surface area contributed by atoms with Crippen molar-refractivity contribution in [2.45, 2.75) is 44.8 Å². The lowest BCUT2D eigenvalue weighted by molar-refractivity contribution is -0.138. The molecule has 1 saturated heterocycles. The first-order chi connectivity index (χ1) is 16.6. The number of fused-ring (bicyclic) bond motifs is 1. The Hall–Kier alpha value is -3.25. The summed E-state index contributed by atoms with van der Waals surface area (Å²) >= 11 is 0. The second kappa shape index (κ2) is 9.42. The van der Waals surface area contributed by atoms with Gasteiger partial charge in [0.05, 0.1) is 12.6 Å². The molecule has 1 aliphatic rings. The molecule has 188 valence electrons. The van der Waals surface area contributed by atoms with Crippen LogP contribution in [0.5, 0.6) is 5.75 Å². The second-order valence-electron chi connectivity index (χ2n) is 8.48. The number of nitrogens with one attached hydrogen (secondary N) is 3. The van der Waals surface area contributed by atoms with Crippen molar-refractivity contribution in [1.29, 1.82) is 0 Å². The van der Waals surface area contributed by atoms with E-state index >= 15 is 0 Å². The average molecular weight is 495 g/mol. The van der Waals surface area contributed by atoms with E-state index in [0.717, 1.165) is 6.07 Å². The van der Waals surface area contributed by atoms with Gasteiger partial charge in [0.1, 0.15) is 23.0 Å². The van der Waals surface area contributed by atoms with Crippen molar-refractivity contribution in [2.24, 2.45) is 5.92 Å². The third kappa shape index (κ3) is 4.10. The number of alkyl halides is 2. The fourth-order valence-electron chi connectivity index (χ4n) is 4.48. The van der Waals surface area contributed by atoms with E-state index in [9.17, 15) is 22.4 Å². The van der Waals surface area contributed by atoms with Crippen LogP contribution in [0.3, 0.4) is 0 Å². The molecule has 0 bridgehead atoms. The van der Waals surface area contributed by atoms with Crippen LogP contribution in [-0.2, 0) is 4.74 Å². The number of imidazole rings is 1. The van der Waals surface area contributed by atoms with Gasteiger partial charge >= 0.3 is 0 Å². The Morgan fingerprint density at radius 3 is 2.71 bits per heavy atom. The maximum Gasteiger partial charge on any atom is 0.286 e. The number of amides is 1. The Morgan fingerprint density at radius 1 is 1.31 bits per heavy atom. The van der Waals surface area contributed by atoms with E-state index in [0.29, 0.717) is 12.1 Å². The van der Waals surface area contributed by atoms with Gasteiger partial charge in [-0.3, -0.25) is 10.2 Å². The number of carbonyl (C=O) groups excluding carboxylic acids is 1. The molecule has 1 fully saturated rings. The standard InChI is InChI=1S/C23H25F4N5O3/c1-5-29-32-21(33)17-16-13(8-9-28-17)30-20(31-16)19-14(10(2)23(3,35-19)22(26)27)11-6-7-12(24)15(25)18(11)34-4/h6-10,14,19,22,29H,5H2,1-4H3,(H,30,31)(H,32,33)/t10-,14-,19+,23+/m0/s1. The molecule has 3 N–H and O–H groups in total. The lowest BCUT2D eigenvalue weighted by atomic mass is 9.77. The molecule has 0 radical (unpaired) electrons. The van der Waals surface area contributed by atoms with Gasteiger partial charge in [-0.05, 0) is 19.1 Å². The highest BCUT2D eigenvalue weighted by molar-refractivity contribution is 6.02. The fraction of sp³-hybridized carbons (Fsp3) is 0.435. The molecule has 0 saturated carbocycles. The Labute approximate surface area is 198 Å². The molecule has 0 unspecified atom stereocenters. The largest absolute Gasteiger partial charge is 0.493 e. The third-order valence-electron chi connectivity index (χ3n) is 6.51. The zero-order valence-corrected chi connectivity index (χ0v) is 19.5. The van der Waals surface area contributed by atoms with E-state index in [1.165, 1.54) is 26.3 Å². The van der Waals surface area contributed by atoms with Gasteiger partial charge in [-0.25, -0.2) is 28.6 Å². The normalized spacial score (nSPS) is 24.3. The summed E-state index contributed by atoms with van der Waals surface area (Å²) in [4.78, 5) is 24.1. The molecule has 2 aromatic heterocycles. The number of halogens is 4. The third-order valence-corrected chi connectivity index (χ3v) is 6.51. The molecule has 8 nitrogen and oxygen atoms in total. The van der Waals surface area contributed by atoms with Gasteiger partial charge in [0, 0.05) is 30.1 Å². The van der Waals surface area contributed by atoms with Crippen molar-refractivity contribution >= 4 is 16.9 Å². The molecule has 0 aliphatic carbocycles. The fourth-order valence-corrected chi connectivity index (χ4v) is 4.48. The topological polar surface area (TPSA) is 101 Å². The van der Waals surface area contributed by atoms with Gasteiger partial charge in [-0.2, -0.15) is 4.39 Å². The van der Waals surface area contributed by atoms with Gasteiger partial charge < -0.3 is 14.5 Å². The van der Waals surface area contributed by atoms with Crippen LogP contribution in [0.1, 0.15) is 54.7 Å². The van der Waals surface area contributed by atoms with Crippen LogP contribution in [0, 0.1) is 17.6 Å². The average Bonchev–Trinajstić information content (AvgIpc) is 3.38. The summed E-state index contributed by atoms with van der Waals surface area (Å²) in [6, 6.07) is 3.79. The van der Waals surface area contributed by atoms with Crippen LogP contribution in [-0.4, -0.2) is 46.5 Å². The lowest BCUT2D eigenvalue weighted by Crippen LogP contribution is -2.39. The van der Waals surface area contributed by atoms with Gasteiger partial charge in [-0.1, -0.05) is 19.9 Å². The first-order valence-corrected chi connectivity index (χ1v) is 11.0. The molecular weight excluding hydrogens is 470 g/mol. The summed E-state index contributed by atoms with van der Waals surface area (Å²) in [6.07, 6.45) is -2.59. The van der Waals surface area contributed by atoms with Crippen molar-refractivity contribution in [3.05, 3.63) is 53.1 Å². The van der Waals surface area contributed by atoms with Crippen molar-refractivity contribution < 1.29 is 31.8 Å². The number of H-pyrrole nitrogens is 1. The Kier molecular flexibility index (Phi) is 6.69. The van der Waals surface area contributed by atoms with Crippen LogP contribution in [0.4, 0.5) is 17.6 Å². The van der Waals surface area contributed by atoms with Gasteiger partial charge in [0.15, 0.2) is 17.3 Å². The molecular formula is C23H25F4N5O3. The Bertz CT molecular complexity index is 1250. The predicted octanol–water partition coefficient (Wildman–Crippen LogP) is 4.01. The molecule has 1 aromatic carbocycles. The minimum absolute atomic E-state index is 0.00979. The summed E-state index contributed by atoms with van der Waals surface area (Å²) in [5, 5.41) is 0. The molecule has 35 heavy (non-hydrogen) atoms. The van der Waals surface area contributed by atoms with Crippen LogP contribution in [0.15, 0.2) is 24.4 Å². The highest BCUT2D eigenvalue weighted by Gasteiger charge is 2.57. The van der Waals surface area contributed by atoms with Crippen molar-refractivity contribution in [3.63, 3.8) is 0 Å². The number of hydrogen-bond acceptors (Lipinski definition) is 6. The van der Waals surface area contributed by atoms with Crippen molar-refractivity contribution in [3.8, 4) is 5.75 Å². The molecule has 1 aliphatic heterocycles. The number of benzene rings is 1. The number of hydrazine groups is 1. The minimum atomic E-state index is -2.88. The number of rotatable bonds is 7. The number of ether oxygens (including phenoxy) is 2. The molecule has 3 aromatic rings. The maximum absolute atomic E-state index is 14.6. The molecule has 4 rings (SSSR count). The summed E-state index contributed by atoms with van der Waals surface area (Å²) < 4.78 is 67.8. The van der Waals surface area contributed by atoms with Crippen LogP contribution in [0.2, 0.25) is 0 Å². The zero-order chi connectivity index (χ0) is 25.5. The summed E-state index contributed by atoms with van der Waals surface area (Å²) in [7, 11) is 1.17. The van der Waals surface area contributed by atoms with E-state index in [1.54, 1.807) is 19.9 Å². The second-order valence-corrected chi connectivity index (χ2v) is 8.48. The number of pyridine rings is 1. The predicted molar refractivity (Wildman–Crippen MR) is 118 cm³/mol. The van der Waals surface area contributed by atoms with E-state index in [-0.39, 0.29) is 22.6 Å². The minimum Gasteiger partial charge on any atom is -0.493 e. The van der Waals surface area contributed by atoms with Crippen molar-refractivity contribution in [1.82, 2.24) is 25.8 Å². The summed E-state index contributed by atoms with van der Waals surface area (Å²) in [5.74, 6) is -4.88. The SMILES string of the molecule is CCNNC(=O)c1nccc2[nH]c([C@@H]3O[C@@](C)(C(F)F)[C@@H](C)[C@H]3c3ccc(F)c(F)c3OC)nc12. The quantitative estimate of drug-likeness (QED) is 0.338. The van der Waals surface area contributed by atoms with E-state index in [4.69, 9.17) is 9.47 Å². The summed E-state index contributed by atoms with van der Waals surface area (Å²) in [6.45, 7) is 5.09. The van der Waals surface area contributed by atoms with Crippen LogP contribution >= 0.6 is 0 Å². The van der Waals surface area contributed by atoms with Gasteiger partial charge in [0.25, 0.3) is 12.3 Å². The van der Waals surface area contributed by atoms with E-state index < -0.39 is 53.3 Å². The van der Waals surface area contributed by atoms with Gasteiger partial charge in [0.2, 0.25) is 5.82 Å². The van der Waals surface area contributed by atoms with Crippen LogP contribution in [0.25, 0.3) is 11.0 Å². The first-order valence-electron chi connectivity index (χ1n) is 11.0. The first kappa shape index (κ1) is 24.9. The Morgan fingerprint density at radius 2 is 2.06 bits per heavy atom. The van der Waals surface area contributed by atoms with E-state index in [1.807, 2.05) is 0 Å². The maximum atomic E-state index is 14.6.